The van der Waals surface area contributed by atoms with E-state index in [1.807, 2.05) is 30.5 Å². The molecule has 5 nitrogen and oxygen atoms in total. The van der Waals surface area contributed by atoms with Crippen LogP contribution in [-0.4, -0.2) is 27.7 Å². The van der Waals surface area contributed by atoms with Crippen molar-refractivity contribution in [2.24, 2.45) is 5.92 Å². The average Bonchev–Trinajstić information content (AvgIpc) is 3.48. The van der Waals surface area contributed by atoms with Crippen molar-refractivity contribution in [2.45, 2.75) is 100 Å². The quantitative estimate of drug-likeness (QED) is 0.268. The topological polar surface area (TPSA) is 89.6 Å². The standard InChI is InChI=1S/C28H37NO4S2/c1-17-13-23(20(14-21(17)29)27(2,3)4)35-25-22(31)15-28(33-26(25)32,19-7-5-6-8-19)11-9-18-10-12-34-24(18)16-30/h10,12-14,19,25,30H,5-9,11,15-16,29H2,1-4H3. The number of benzene rings is 1. The summed E-state index contributed by atoms with van der Waals surface area (Å²) in [6, 6.07) is 5.99. The molecule has 1 aliphatic heterocycles. The zero-order valence-corrected chi connectivity index (χ0v) is 22.8. The van der Waals surface area contributed by atoms with E-state index < -0.39 is 16.8 Å². The van der Waals surface area contributed by atoms with Gasteiger partial charge in [-0.3, -0.25) is 9.59 Å². The molecule has 1 saturated carbocycles. The SMILES string of the molecule is Cc1cc(SC2C(=O)CC(CCc3ccsc3CO)(C3CCCC3)OC2=O)c(C(C)(C)C)cc1N. The number of carbonyl (C=O) groups excluding carboxylic acids is 2. The number of nitrogen functional groups attached to an aromatic ring is 1. The van der Waals surface area contributed by atoms with Gasteiger partial charge < -0.3 is 15.6 Å². The van der Waals surface area contributed by atoms with Crippen molar-refractivity contribution in [1.82, 2.24) is 0 Å². The predicted octanol–water partition coefficient (Wildman–Crippen LogP) is 5.97. The van der Waals surface area contributed by atoms with Crippen LogP contribution in [0.5, 0.6) is 0 Å². The van der Waals surface area contributed by atoms with Gasteiger partial charge in [0.1, 0.15) is 5.60 Å². The maximum Gasteiger partial charge on any atom is 0.327 e. The molecular formula is C28H37NO4S2. The van der Waals surface area contributed by atoms with Gasteiger partial charge in [-0.1, -0.05) is 33.6 Å². The van der Waals surface area contributed by atoms with Crippen LogP contribution >= 0.6 is 23.1 Å². The number of hydrogen-bond acceptors (Lipinski definition) is 7. The molecule has 2 fully saturated rings. The fraction of sp³-hybridized carbons (Fsp3) is 0.571. The number of ether oxygens (including phenoxy) is 1. The Morgan fingerprint density at radius 1 is 1.23 bits per heavy atom. The van der Waals surface area contributed by atoms with Gasteiger partial charge in [0, 0.05) is 21.9 Å². The van der Waals surface area contributed by atoms with Gasteiger partial charge in [0.25, 0.3) is 0 Å². The first-order chi connectivity index (χ1) is 16.5. The van der Waals surface area contributed by atoms with Crippen molar-refractivity contribution < 1.29 is 19.4 Å². The molecular weight excluding hydrogens is 478 g/mol. The van der Waals surface area contributed by atoms with Gasteiger partial charge in [-0.25, -0.2) is 0 Å². The van der Waals surface area contributed by atoms with Crippen LogP contribution in [0, 0.1) is 12.8 Å². The minimum absolute atomic E-state index is 0.0119. The number of hydrogen-bond donors (Lipinski definition) is 2. The van der Waals surface area contributed by atoms with Crippen LogP contribution in [0.1, 0.15) is 80.9 Å². The fourth-order valence-electron chi connectivity index (χ4n) is 5.53. The van der Waals surface area contributed by atoms with E-state index in [1.165, 1.54) is 23.1 Å². The zero-order valence-electron chi connectivity index (χ0n) is 21.2. The van der Waals surface area contributed by atoms with Crippen LogP contribution in [0.2, 0.25) is 0 Å². The van der Waals surface area contributed by atoms with Gasteiger partial charge in [-0.05, 0) is 84.2 Å². The van der Waals surface area contributed by atoms with Gasteiger partial charge in [-0.2, -0.15) is 0 Å². The Morgan fingerprint density at radius 2 is 1.94 bits per heavy atom. The number of rotatable bonds is 7. The summed E-state index contributed by atoms with van der Waals surface area (Å²) >= 11 is 2.85. The molecule has 0 spiro atoms. The summed E-state index contributed by atoms with van der Waals surface area (Å²) in [7, 11) is 0. The molecule has 0 bridgehead atoms. The molecule has 2 aromatic rings. The molecule has 7 heteroatoms. The summed E-state index contributed by atoms with van der Waals surface area (Å²) in [6.07, 6.45) is 5.76. The first-order valence-electron chi connectivity index (χ1n) is 12.5. The largest absolute Gasteiger partial charge is 0.457 e. The number of aliphatic hydroxyl groups is 1. The van der Waals surface area contributed by atoms with Gasteiger partial charge in [0.15, 0.2) is 11.0 Å². The summed E-state index contributed by atoms with van der Waals surface area (Å²) in [5.41, 5.74) is 9.04. The van der Waals surface area contributed by atoms with Crippen LogP contribution in [0.15, 0.2) is 28.5 Å². The van der Waals surface area contributed by atoms with Crippen LogP contribution in [0.4, 0.5) is 5.69 Å². The second kappa shape index (κ2) is 10.3. The number of anilines is 1. The summed E-state index contributed by atoms with van der Waals surface area (Å²) in [5, 5.41) is 10.8. The van der Waals surface area contributed by atoms with E-state index in [1.54, 1.807) is 0 Å². The normalized spacial score (nSPS) is 23.6. The maximum absolute atomic E-state index is 13.6. The molecule has 1 saturated heterocycles. The lowest BCUT2D eigenvalue weighted by atomic mass is 9.76. The monoisotopic (exact) mass is 515 g/mol. The summed E-state index contributed by atoms with van der Waals surface area (Å²) in [4.78, 5) is 28.9. The van der Waals surface area contributed by atoms with E-state index in [0.29, 0.717) is 18.5 Å². The minimum atomic E-state index is -0.859. The minimum Gasteiger partial charge on any atom is -0.457 e. The molecule has 2 aliphatic rings. The Morgan fingerprint density at radius 3 is 2.57 bits per heavy atom. The van der Waals surface area contributed by atoms with Crippen molar-refractivity contribution in [3.05, 3.63) is 45.1 Å². The molecule has 190 valence electrons. The smallest absolute Gasteiger partial charge is 0.327 e. The second-order valence-electron chi connectivity index (χ2n) is 11.1. The van der Waals surface area contributed by atoms with Crippen molar-refractivity contribution >= 4 is 40.5 Å². The van der Waals surface area contributed by atoms with Crippen LogP contribution in [-0.2, 0) is 32.8 Å². The first-order valence-corrected chi connectivity index (χ1v) is 14.3. The molecule has 3 N–H and O–H groups in total. The lowest BCUT2D eigenvalue weighted by Gasteiger charge is -2.43. The fourth-order valence-corrected chi connectivity index (χ4v) is 7.67. The van der Waals surface area contributed by atoms with Crippen molar-refractivity contribution in [3.63, 3.8) is 0 Å². The van der Waals surface area contributed by atoms with E-state index in [4.69, 9.17) is 10.5 Å². The third-order valence-corrected chi connectivity index (χ3v) is 9.83. The second-order valence-corrected chi connectivity index (χ2v) is 13.2. The van der Waals surface area contributed by atoms with Gasteiger partial charge in [0.05, 0.1) is 6.61 Å². The molecule has 2 atom stereocenters. The van der Waals surface area contributed by atoms with Crippen molar-refractivity contribution in [1.29, 1.82) is 0 Å². The predicted molar refractivity (Wildman–Crippen MR) is 143 cm³/mol. The highest BCUT2D eigenvalue weighted by atomic mass is 32.2. The highest BCUT2D eigenvalue weighted by molar-refractivity contribution is 8.01. The number of thiophene rings is 1. The van der Waals surface area contributed by atoms with E-state index in [0.717, 1.165) is 52.1 Å². The molecule has 2 unspecified atom stereocenters. The molecule has 1 aliphatic carbocycles. The molecule has 0 radical (unpaired) electrons. The lowest BCUT2D eigenvalue weighted by Crippen LogP contribution is -2.53. The molecule has 1 aromatic carbocycles. The summed E-state index contributed by atoms with van der Waals surface area (Å²) in [6.45, 7) is 8.29. The number of cyclic esters (lactones) is 1. The molecule has 35 heavy (non-hydrogen) atoms. The number of carbonyl (C=O) groups is 2. The number of esters is 1. The Balaban J connectivity index is 1.59. The highest BCUT2D eigenvalue weighted by Crippen LogP contribution is 2.47. The van der Waals surface area contributed by atoms with E-state index in [2.05, 4.69) is 20.8 Å². The highest BCUT2D eigenvalue weighted by Gasteiger charge is 2.52. The van der Waals surface area contributed by atoms with Crippen molar-refractivity contribution in [3.8, 4) is 0 Å². The Hall–Kier alpha value is -1.83. The molecule has 1 aromatic heterocycles. The van der Waals surface area contributed by atoms with E-state index >= 15 is 0 Å². The first kappa shape index (κ1) is 26.2. The third-order valence-electron chi connectivity index (χ3n) is 7.60. The summed E-state index contributed by atoms with van der Waals surface area (Å²) in [5.74, 6) is -0.248. The number of aryl methyl sites for hydroxylation is 2. The Bertz CT molecular complexity index is 1080. The zero-order chi connectivity index (χ0) is 25.4. The van der Waals surface area contributed by atoms with Gasteiger partial charge in [-0.15, -0.1) is 23.1 Å². The van der Waals surface area contributed by atoms with Crippen LogP contribution < -0.4 is 5.73 Å². The average molecular weight is 516 g/mol. The number of Topliss-reactive ketones (excluding diaryl/α,β-unsaturated/α-hetero) is 1. The number of aliphatic hydroxyl groups excluding tert-OH is 1. The number of nitrogens with two attached hydrogens (primary N) is 1. The van der Waals surface area contributed by atoms with Crippen molar-refractivity contribution in [2.75, 3.05) is 5.73 Å². The van der Waals surface area contributed by atoms with Crippen LogP contribution in [0.25, 0.3) is 0 Å². The Labute approximate surface area is 216 Å². The van der Waals surface area contributed by atoms with E-state index in [-0.39, 0.29) is 30.1 Å². The molecule has 2 heterocycles. The Kier molecular flexibility index (Phi) is 7.70. The molecule has 4 rings (SSSR count). The third kappa shape index (κ3) is 5.47. The van der Waals surface area contributed by atoms with Gasteiger partial charge >= 0.3 is 5.97 Å². The van der Waals surface area contributed by atoms with Crippen LogP contribution in [0.3, 0.4) is 0 Å². The molecule has 0 amide bonds. The summed E-state index contributed by atoms with van der Waals surface area (Å²) < 4.78 is 6.30. The number of thioether (sulfide) groups is 1. The van der Waals surface area contributed by atoms with E-state index in [9.17, 15) is 14.7 Å². The maximum atomic E-state index is 13.6. The lowest BCUT2D eigenvalue weighted by molar-refractivity contribution is -0.177. The van der Waals surface area contributed by atoms with Gasteiger partial charge in [0.2, 0.25) is 0 Å². The number of ketones is 1.